The average Bonchev–Trinajstić information content (AvgIpc) is 2.49. The fourth-order valence-corrected chi connectivity index (χ4v) is 1.77. The van der Waals surface area contributed by atoms with Crippen LogP contribution in [0.3, 0.4) is 0 Å². The molecule has 0 spiro atoms. The Kier molecular flexibility index (Phi) is 4.25. The van der Waals surface area contributed by atoms with Crippen LogP contribution in [0, 0.1) is 6.92 Å². The predicted molar refractivity (Wildman–Crippen MR) is 75.7 cm³/mol. The van der Waals surface area contributed by atoms with Crippen LogP contribution in [0.15, 0.2) is 42.5 Å². The Labute approximate surface area is 117 Å². The van der Waals surface area contributed by atoms with Gasteiger partial charge in [-0.1, -0.05) is 12.1 Å². The predicted octanol–water partition coefficient (Wildman–Crippen LogP) is 3.23. The van der Waals surface area contributed by atoms with Gasteiger partial charge in [-0.2, -0.15) is 0 Å². The maximum Gasteiger partial charge on any atom is 0.343 e. The highest BCUT2D eigenvalue weighted by molar-refractivity contribution is 5.91. The molecule has 0 fully saturated rings. The van der Waals surface area contributed by atoms with Crippen LogP contribution in [-0.2, 0) is 0 Å². The fourth-order valence-electron chi connectivity index (χ4n) is 1.77. The molecule has 0 unspecified atom stereocenters. The molecule has 0 atom stereocenters. The molecule has 2 aromatic rings. The number of rotatable bonds is 4. The van der Waals surface area contributed by atoms with Crippen molar-refractivity contribution < 1.29 is 19.0 Å². The van der Waals surface area contributed by atoms with Crippen LogP contribution in [0.2, 0.25) is 0 Å². The Bertz CT molecular complexity index is 620. The molecule has 104 valence electrons. The molecule has 4 heteroatoms. The van der Waals surface area contributed by atoms with E-state index in [0.717, 1.165) is 5.56 Å². The molecule has 0 saturated heterocycles. The highest BCUT2D eigenvalue weighted by Gasteiger charge is 2.13. The topological polar surface area (TPSA) is 44.8 Å². The minimum atomic E-state index is -0.453. The van der Waals surface area contributed by atoms with E-state index >= 15 is 0 Å². The summed E-state index contributed by atoms with van der Waals surface area (Å²) in [5, 5.41) is 0. The molecule has 0 radical (unpaired) electrons. The van der Waals surface area contributed by atoms with Crippen LogP contribution in [0.25, 0.3) is 0 Å². The molecular formula is C16H16O4. The summed E-state index contributed by atoms with van der Waals surface area (Å²) in [6.07, 6.45) is 0. The van der Waals surface area contributed by atoms with Crippen molar-refractivity contribution in [1.82, 2.24) is 0 Å². The van der Waals surface area contributed by atoms with Gasteiger partial charge >= 0.3 is 5.97 Å². The van der Waals surface area contributed by atoms with Crippen molar-refractivity contribution in [3.05, 3.63) is 53.6 Å². The summed E-state index contributed by atoms with van der Waals surface area (Å²) in [5.74, 6) is 1.08. The van der Waals surface area contributed by atoms with Crippen molar-refractivity contribution >= 4 is 5.97 Å². The normalized spacial score (nSPS) is 9.95. The Morgan fingerprint density at radius 1 is 0.950 bits per heavy atom. The third-order valence-corrected chi connectivity index (χ3v) is 2.83. The minimum Gasteiger partial charge on any atom is -0.497 e. The van der Waals surface area contributed by atoms with Crippen LogP contribution >= 0.6 is 0 Å². The van der Waals surface area contributed by atoms with Gasteiger partial charge in [-0.3, -0.25) is 0 Å². The van der Waals surface area contributed by atoms with E-state index in [1.165, 1.54) is 7.11 Å². The summed E-state index contributed by atoms with van der Waals surface area (Å²) < 4.78 is 15.6. The van der Waals surface area contributed by atoms with E-state index in [-0.39, 0.29) is 0 Å². The number of carbonyl (C=O) groups is 1. The molecule has 0 aliphatic heterocycles. The van der Waals surface area contributed by atoms with Crippen LogP contribution in [0.4, 0.5) is 0 Å². The smallest absolute Gasteiger partial charge is 0.343 e. The highest BCUT2D eigenvalue weighted by atomic mass is 16.6. The summed E-state index contributed by atoms with van der Waals surface area (Å²) in [6, 6.07) is 12.2. The maximum absolute atomic E-state index is 12.1. The summed E-state index contributed by atoms with van der Waals surface area (Å²) in [7, 11) is 3.09. The molecule has 0 aliphatic rings. The van der Waals surface area contributed by atoms with E-state index in [4.69, 9.17) is 14.2 Å². The van der Waals surface area contributed by atoms with Gasteiger partial charge in [0.15, 0.2) is 11.5 Å². The Balaban J connectivity index is 2.23. The van der Waals surface area contributed by atoms with Crippen LogP contribution in [0.1, 0.15) is 15.9 Å². The maximum atomic E-state index is 12.1. The van der Waals surface area contributed by atoms with Crippen molar-refractivity contribution in [2.24, 2.45) is 0 Å². The Hall–Kier alpha value is -2.49. The number of esters is 1. The molecule has 0 aliphatic carbocycles. The van der Waals surface area contributed by atoms with Gasteiger partial charge in [0.05, 0.1) is 19.8 Å². The fraction of sp³-hybridized carbons (Fsp3) is 0.188. The number of benzene rings is 2. The first kappa shape index (κ1) is 13.9. The number of methoxy groups -OCH3 is 2. The third kappa shape index (κ3) is 3.09. The molecule has 4 nitrogen and oxygen atoms in total. The summed E-state index contributed by atoms with van der Waals surface area (Å²) in [6.45, 7) is 1.94. The molecular weight excluding hydrogens is 256 g/mol. The largest absolute Gasteiger partial charge is 0.497 e. The lowest BCUT2D eigenvalue weighted by atomic mass is 10.2. The van der Waals surface area contributed by atoms with E-state index in [9.17, 15) is 4.79 Å². The molecule has 20 heavy (non-hydrogen) atoms. The zero-order chi connectivity index (χ0) is 14.5. The SMILES string of the molecule is COc1cccc(C(=O)Oc2ccc(C)cc2OC)c1. The highest BCUT2D eigenvalue weighted by Crippen LogP contribution is 2.28. The molecule has 0 bridgehead atoms. The van der Waals surface area contributed by atoms with Gasteiger partial charge < -0.3 is 14.2 Å². The first-order valence-corrected chi connectivity index (χ1v) is 6.15. The first-order valence-electron chi connectivity index (χ1n) is 6.15. The lowest BCUT2D eigenvalue weighted by Crippen LogP contribution is -2.09. The van der Waals surface area contributed by atoms with Gasteiger partial charge in [-0.15, -0.1) is 0 Å². The molecule has 0 heterocycles. The Morgan fingerprint density at radius 2 is 1.75 bits per heavy atom. The summed E-state index contributed by atoms with van der Waals surface area (Å²) in [5.41, 5.74) is 1.45. The van der Waals surface area contributed by atoms with Crippen molar-refractivity contribution in [2.75, 3.05) is 14.2 Å². The quantitative estimate of drug-likeness (QED) is 0.633. The number of hydrogen-bond acceptors (Lipinski definition) is 4. The van der Waals surface area contributed by atoms with E-state index in [0.29, 0.717) is 22.8 Å². The van der Waals surface area contributed by atoms with Gasteiger partial charge in [0.2, 0.25) is 0 Å². The van der Waals surface area contributed by atoms with Crippen molar-refractivity contribution in [3.8, 4) is 17.2 Å². The second kappa shape index (κ2) is 6.10. The van der Waals surface area contributed by atoms with Crippen molar-refractivity contribution in [3.63, 3.8) is 0 Å². The van der Waals surface area contributed by atoms with Gasteiger partial charge in [0, 0.05) is 0 Å². The number of hydrogen-bond donors (Lipinski definition) is 0. The van der Waals surface area contributed by atoms with Gasteiger partial charge in [0.1, 0.15) is 5.75 Å². The van der Waals surface area contributed by atoms with Crippen LogP contribution in [-0.4, -0.2) is 20.2 Å². The Morgan fingerprint density at radius 3 is 2.45 bits per heavy atom. The first-order chi connectivity index (χ1) is 9.63. The zero-order valence-electron chi connectivity index (χ0n) is 11.7. The van der Waals surface area contributed by atoms with E-state index in [1.54, 1.807) is 37.4 Å². The molecule has 0 amide bonds. The summed E-state index contributed by atoms with van der Waals surface area (Å²) in [4.78, 5) is 12.1. The molecule has 0 N–H and O–H groups in total. The van der Waals surface area contributed by atoms with Gasteiger partial charge in [0.25, 0.3) is 0 Å². The molecule has 0 aromatic heterocycles. The number of ether oxygens (including phenoxy) is 3. The molecule has 2 aromatic carbocycles. The standard InChI is InChI=1S/C16H16O4/c1-11-7-8-14(15(9-11)19-3)20-16(17)12-5-4-6-13(10-12)18-2/h4-10H,1-3H3. The van der Waals surface area contributed by atoms with Gasteiger partial charge in [-0.25, -0.2) is 4.79 Å². The van der Waals surface area contributed by atoms with Crippen LogP contribution in [0.5, 0.6) is 17.2 Å². The second-order valence-corrected chi connectivity index (χ2v) is 4.28. The second-order valence-electron chi connectivity index (χ2n) is 4.28. The van der Waals surface area contributed by atoms with Crippen molar-refractivity contribution in [2.45, 2.75) is 6.92 Å². The monoisotopic (exact) mass is 272 g/mol. The van der Waals surface area contributed by atoms with E-state index < -0.39 is 5.97 Å². The van der Waals surface area contributed by atoms with Gasteiger partial charge in [-0.05, 0) is 42.8 Å². The number of carbonyl (C=O) groups excluding carboxylic acids is 1. The number of aryl methyl sites for hydroxylation is 1. The van der Waals surface area contributed by atoms with Crippen molar-refractivity contribution in [1.29, 1.82) is 0 Å². The minimum absolute atomic E-state index is 0.394. The third-order valence-electron chi connectivity index (χ3n) is 2.83. The molecule has 0 saturated carbocycles. The lowest BCUT2D eigenvalue weighted by Gasteiger charge is -2.10. The van der Waals surface area contributed by atoms with Crippen LogP contribution < -0.4 is 14.2 Å². The average molecular weight is 272 g/mol. The van der Waals surface area contributed by atoms with E-state index in [1.807, 2.05) is 19.1 Å². The zero-order valence-corrected chi connectivity index (χ0v) is 11.7. The molecule has 2 rings (SSSR count). The summed E-state index contributed by atoms with van der Waals surface area (Å²) >= 11 is 0. The van der Waals surface area contributed by atoms with E-state index in [2.05, 4.69) is 0 Å². The lowest BCUT2D eigenvalue weighted by molar-refractivity contribution is 0.0729.